The number of hydrogen-bond donors (Lipinski definition) is 3. The molecule has 0 radical (unpaired) electrons. The summed E-state index contributed by atoms with van der Waals surface area (Å²) >= 11 is 0. The SMILES string of the molecule is C=C(N=C(N)C(=C(N)N)N(Cc1ccccc1OC(F)F)C(=O)OC)n1nc(Cc2ccccc2F)c2ncc(F)cc21. The van der Waals surface area contributed by atoms with Crippen LogP contribution in [0.25, 0.3) is 16.9 Å². The largest absolute Gasteiger partial charge is 0.452 e. The number of pyridine rings is 1. The first-order valence-electron chi connectivity index (χ1n) is 12.4. The van der Waals surface area contributed by atoms with Crippen molar-refractivity contribution in [2.75, 3.05) is 7.11 Å². The zero-order valence-electron chi connectivity index (χ0n) is 22.7. The molecule has 0 unspecified atom stereocenters. The van der Waals surface area contributed by atoms with Crippen molar-refractivity contribution in [1.29, 1.82) is 0 Å². The van der Waals surface area contributed by atoms with E-state index >= 15 is 0 Å². The third-order valence-electron chi connectivity index (χ3n) is 6.06. The number of amides is 1. The highest BCUT2D eigenvalue weighted by atomic mass is 19.3. The molecule has 1 amide bonds. The number of methoxy groups -OCH3 is 1. The number of carbonyl (C=O) groups excluding carboxylic acids is 1. The maximum atomic E-state index is 14.4. The van der Waals surface area contributed by atoms with Crippen molar-refractivity contribution in [3.8, 4) is 5.75 Å². The van der Waals surface area contributed by atoms with Gasteiger partial charge in [0.2, 0.25) is 0 Å². The van der Waals surface area contributed by atoms with Crippen LogP contribution >= 0.6 is 0 Å². The predicted octanol–water partition coefficient (Wildman–Crippen LogP) is 4.04. The molecule has 0 bridgehead atoms. The fourth-order valence-electron chi connectivity index (χ4n) is 4.21. The number of rotatable bonds is 10. The third kappa shape index (κ3) is 6.83. The number of halogens is 4. The lowest BCUT2D eigenvalue weighted by molar-refractivity contribution is -0.0506. The lowest BCUT2D eigenvalue weighted by Gasteiger charge is -2.25. The Balaban J connectivity index is 1.74. The van der Waals surface area contributed by atoms with Crippen LogP contribution < -0.4 is 21.9 Å². The number of nitrogens with two attached hydrogens (primary N) is 3. The van der Waals surface area contributed by atoms with Crippen molar-refractivity contribution in [3.05, 3.63) is 107 Å². The molecular weight excluding hydrogens is 572 g/mol. The Morgan fingerprint density at radius 1 is 1.09 bits per heavy atom. The fourth-order valence-corrected chi connectivity index (χ4v) is 4.21. The van der Waals surface area contributed by atoms with Crippen molar-refractivity contribution in [1.82, 2.24) is 19.7 Å². The van der Waals surface area contributed by atoms with Crippen LogP contribution in [-0.2, 0) is 17.7 Å². The van der Waals surface area contributed by atoms with Crippen LogP contribution in [0.3, 0.4) is 0 Å². The summed E-state index contributed by atoms with van der Waals surface area (Å²) < 4.78 is 65.1. The number of aromatic nitrogens is 3. The van der Waals surface area contributed by atoms with E-state index in [9.17, 15) is 22.4 Å². The highest BCUT2D eigenvalue weighted by molar-refractivity contribution is 6.02. The first-order valence-corrected chi connectivity index (χ1v) is 12.4. The average Bonchev–Trinajstić information content (AvgIpc) is 3.31. The quantitative estimate of drug-likeness (QED) is 0.140. The summed E-state index contributed by atoms with van der Waals surface area (Å²) in [6.45, 7) is 0.292. The van der Waals surface area contributed by atoms with E-state index in [0.717, 1.165) is 29.0 Å². The van der Waals surface area contributed by atoms with Crippen molar-refractivity contribution in [3.63, 3.8) is 0 Å². The van der Waals surface area contributed by atoms with Crippen LogP contribution in [0.2, 0.25) is 0 Å². The molecule has 0 aliphatic carbocycles. The van der Waals surface area contributed by atoms with E-state index in [1.54, 1.807) is 18.2 Å². The van der Waals surface area contributed by atoms with E-state index in [0.29, 0.717) is 5.56 Å². The molecule has 224 valence electrons. The second-order valence-electron chi connectivity index (χ2n) is 8.91. The number of hydrogen-bond acceptors (Lipinski definition) is 8. The van der Waals surface area contributed by atoms with Crippen LogP contribution in [0.4, 0.5) is 22.4 Å². The van der Waals surface area contributed by atoms with E-state index in [1.807, 2.05) is 0 Å². The summed E-state index contributed by atoms with van der Waals surface area (Å²) in [5, 5.41) is 4.41. The number of carbonyl (C=O) groups is 1. The van der Waals surface area contributed by atoms with E-state index < -0.39 is 42.5 Å². The molecule has 0 aliphatic heterocycles. The molecule has 11 nitrogen and oxygen atoms in total. The van der Waals surface area contributed by atoms with E-state index in [-0.39, 0.29) is 46.0 Å². The van der Waals surface area contributed by atoms with Gasteiger partial charge in [0.05, 0.1) is 31.1 Å². The summed E-state index contributed by atoms with van der Waals surface area (Å²) in [6.07, 6.45) is -0.0142. The van der Waals surface area contributed by atoms with Gasteiger partial charge in [-0.25, -0.2) is 28.2 Å². The van der Waals surface area contributed by atoms with Crippen molar-refractivity contribution < 1.29 is 31.8 Å². The fraction of sp³-hybridized carbons (Fsp3) is 0.143. The Hall–Kier alpha value is -5.60. The standard InChI is InChI=1S/C28H26F4N8O3/c1-15(40-21-12-18(29)13-36-23(21)20(38-40)11-16-7-3-5-9-19(16)30)37-26(35)24(25(33)34)39(28(41)42-2)14-17-8-4-6-10-22(17)43-27(31)32/h3-10,12-13,27H,1,11,14,33-34H2,2H3,(H2,35,37). The van der Waals surface area contributed by atoms with Crippen LogP contribution in [0.15, 0.2) is 83.9 Å². The number of amidine groups is 1. The topological polar surface area (TPSA) is 160 Å². The first-order chi connectivity index (χ1) is 20.5. The Morgan fingerprint density at radius 2 is 1.77 bits per heavy atom. The maximum Gasteiger partial charge on any atom is 0.414 e. The summed E-state index contributed by atoms with van der Waals surface area (Å²) in [6, 6.07) is 12.9. The molecule has 15 heteroatoms. The lowest BCUT2D eigenvalue weighted by atomic mass is 10.1. The zero-order chi connectivity index (χ0) is 31.3. The number of benzene rings is 2. The Kier molecular flexibility index (Phi) is 9.13. The van der Waals surface area contributed by atoms with Gasteiger partial charge in [0.1, 0.15) is 40.2 Å². The minimum Gasteiger partial charge on any atom is -0.452 e. The van der Waals surface area contributed by atoms with Gasteiger partial charge in [-0.2, -0.15) is 13.9 Å². The van der Waals surface area contributed by atoms with Crippen molar-refractivity contribution in [2.45, 2.75) is 19.6 Å². The van der Waals surface area contributed by atoms with Gasteiger partial charge in [-0.1, -0.05) is 43.0 Å². The molecule has 2 aromatic heterocycles. The smallest absolute Gasteiger partial charge is 0.414 e. The van der Waals surface area contributed by atoms with E-state index in [4.69, 9.17) is 21.9 Å². The molecule has 2 aromatic carbocycles. The average molecular weight is 599 g/mol. The van der Waals surface area contributed by atoms with Crippen LogP contribution in [0.1, 0.15) is 16.8 Å². The molecule has 0 fully saturated rings. The molecule has 4 aromatic rings. The van der Waals surface area contributed by atoms with Gasteiger partial charge in [-0.3, -0.25) is 4.90 Å². The van der Waals surface area contributed by atoms with Gasteiger partial charge in [0, 0.05) is 18.1 Å². The molecule has 43 heavy (non-hydrogen) atoms. The van der Waals surface area contributed by atoms with Crippen LogP contribution in [0, 0.1) is 11.6 Å². The molecule has 2 heterocycles. The molecule has 6 N–H and O–H groups in total. The zero-order valence-corrected chi connectivity index (χ0v) is 22.7. The van der Waals surface area contributed by atoms with Gasteiger partial charge in [0.15, 0.2) is 5.84 Å². The molecule has 4 rings (SSSR count). The molecule has 0 spiro atoms. The number of para-hydroxylation sites is 1. The molecule has 0 aliphatic rings. The highest BCUT2D eigenvalue weighted by Crippen LogP contribution is 2.26. The maximum absolute atomic E-state index is 14.4. The summed E-state index contributed by atoms with van der Waals surface area (Å²) in [7, 11) is 1.07. The van der Waals surface area contributed by atoms with Crippen LogP contribution in [-0.4, -0.2) is 45.3 Å². The molecule has 0 saturated heterocycles. The molecular formula is C28H26F4N8O3. The Bertz CT molecular complexity index is 1730. The summed E-state index contributed by atoms with van der Waals surface area (Å²) in [4.78, 5) is 22.0. The second kappa shape index (κ2) is 12.9. The Labute approximate surface area is 242 Å². The van der Waals surface area contributed by atoms with Gasteiger partial charge in [-0.15, -0.1) is 0 Å². The monoisotopic (exact) mass is 598 g/mol. The molecule has 0 saturated carbocycles. The summed E-state index contributed by atoms with van der Waals surface area (Å²) in [5.41, 5.74) is 18.8. The lowest BCUT2D eigenvalue weighted by Crippen LogP contribution is -2.40. The minimum absolute atomic E-state index is 0.0123. The first kappa shape index (κ1) is 30.4. The van der Waals surface area contributed by atoms with Crippen molar-refractivity contribution >= 4 is 28.8 Å². The third-order valence-corrected chi connectivity index (χ3v) is 6.06. The number of fused-ring (bicyclic) bond motifs is 1. The Morgan fingerprint density at radius 3 is 2.42 bits per heavy atom. The number of alkyl halides is 2. The normalized spacial score (nSPS) is 11.4. The van der Waals surface area contributed by atoms with Gasteiger partial charge in [-0.05, 0) is 17.7 Å². The van der Waals surface area contributed by atoms with Gasteiger partial charge < -0.3 is 26.7 Å². The van der Waals surface area contributed by atoms with E-state index in [1.165, 1.54) is 30.3 Å². The molecule has 0 atom stereocenters. The number of aliphatic imine (C=N–C) groups is 1. The predicted molar refractivity (Wildman–Crippen MR) is 150 cm³/mol. The minimum atomic E-state index is -3.14. The second-order valence-corrected chi connectivity index (χ2v) is 8.91. The summed E-state index contributed by atoms with van der Waals surface area (Å²) in [5.74, 6) is -2.49. The highest BCUT2D eigenvalue weighted by Gasteiger charge is 2.27. The van der Waals surface area contributed by atoms with Gasteiger partial charge in [0.25, 0.3) is 0 Å². The number of nitrogens with zero attached hydrogens (tertiary/aromatic N) is 5. The van der Waals surface area contributed by atoms with Crippen molar-refractivity contribution in [2.24, 2.45) is 22.2 Å². The van der Waals surface area contributed by atoms with E-state index in [2.05, 4.69) is 26.4 Å². The van der Waals surface area contributed by atoms with Gasteiger partial charge >= 0.3 is 12.7 Å². The number of ether oxygens (including phenoxy) is 2. The van der Waals surface area contributed by atoms with Crippen LogP contribution in [0.5, 0.6) is 5.75 Å².